The first-order valence-electron chi connectivity index (χ1n) is 11.5. The number of rotatable bonds is 7. The molecule has 3 heterocycles. The predicted molar refractivity (Wildman–Crippen MR) is 128 cm³/mol. The van der Waals surface area contributed by atoms with Crippen LogP contribution in [0.3, 0.4) is 0 Å². The number of nitrogens with zero attached hydrogens (tertiary/aromatic N) is 6. The van der Waals surface area contributed by atoms with E-state index in [1.54, 1.807) is 23.8 Å². The van der Waals surface area contributed by atoms with Gasteiger partial charge >= 0.3 is 0 Å². The van der Waals surface area contributed by atoms with Crippen LogP contribution in [0.15, 0.2) is 42.1 Å². The van der Waals surface area contributed by atoms with Crippen molar-refractivity contribution in [1.29, 1.82) is 5.26 Å². The number of H-pyrrole nitrogens is 1. The Labute approximate surface area is 199 Å². The number of ether oxygens (including phenoxy) is 1. The lowest BCUT2D eigenvalue weighted by Crippen LogP contribution is -2.60. The molecule has 0 radical (unpaired) electrons. The van der Waals surface area contributed by atoms with Crippen LogP contribution >= 0.6 is 0 Å². The number of aromatic nitrogens is 3. The molecule has 1 unspecified atom stereocenters. The van der Waals surface area contributed by atoms with Crippen LogP contribution in [0.2, 0.25) is 0 Å². The first kappa shape index (κ1) is 22.8. The van der Waals surface area contributed by atoms with Crippen molar-refractivity contribution in [3.05, 3.63) is 42.1 Å². The van der Waals surface area contributed by atoms with Gasteiger partial charge in [-0.15, -0.1) is 0 Å². The summed E-state index contributed by atoms with van der Waals surface area (Å²) in [6.45, 7) is 4.13. The Bertz CT molecular complexity index is 1290. The van der Waals surface area contributed by atoms with E-state index in [2.05, 4.69) is 25.9 Å². The van der Waals surface area contributed by atoms with E-state index < -0.39 is 15.7 Å². The van der Waals surface area contributed by atoms with Crippen LogP contribution in [0, 0.1) is 17.2 Å². The molecule has 2 fully saturated rings. The minimum absolute atomic E-state index is 0.109. The average molecular weight is 484 g/mol. The van der Waals surface area contributed by atoms with Crippen molar-refractivity contribution in [3.8, 4) is 6.07 Å². The van der Waals surface area contributed by atoms with Gasteiger partial charge in [0.1, 0.15) is 24.4 Å². The molecule has 1 aliphatic heterocycles. The molecule has 3 aliphatic rings. The van der Waals surface area contributed by atoms with Gasteiger partial charge in [-0.3, -0.25) is 0 Å². The van der Waals surface area contributed by atoms with Crippen molar-refractivity contribution in [1.82, 2.24) is 23.6 Å². The van der Waals surface area contributed by atoms with Gasteiger partial charge in [0, 0.05) is 50.9 Å². The van der Waals surface area contributed by atoms with Gasteiger partial charge in [-0.05, 0) is 37.5 Å². The maximum absolute atomic E-state index is 13.5. The molecule has 1 atom stereocenters. The molecular weight excluding hydrogens is 454 g/mol. The molecule has 0 bridgehead atoms. The smallest absolute Gasteiger partial charge is 0.282 e. The molecule has 34 heavy (non-hydrogen) atoms. The van der Waals surface area contributed by atoms with Gasteiger partial charge < -0.3 is 14.6 Å². The van der Waals surface area contributed by atoms with Gasteiger partial charge in [-0.1, -0.05) is 6.92 Å². The summed E-state index contributed by atoms with van der Waals surface area (Å²) in [7, 11) is -2.01. The second-order valence-corrected chi connectivity index (χ2v) is 11.3. The highest BCUT2D eigenvalue weighted by Gasteiger charge is 2.56. The molecule has 2 aliphatic carbocycles. The highest BCUT2D eigenvalue weighted by molar-refractivity contribution is 7.86. The van der Waals surface area contributed by atoms with E-state index in [0.717, 1.165) is 41.0 Å². The van der Waals surface area contributed by atoms with Crippen LogP contribution in [-0.4, -0.2) is 77.4 Å². The fourth-order valence-corrected chi connectivity index (χ4v) is 6.54. The van der Waals surface area contributed by atoms with E-state index in [1.165, 1.54) is 4.31 Å². The summed E-state index contributed by atoms with van der Waals surface area (Å²) in [6, 6.07) is 4.13. The van der Waals surface area contributed by atoms with E-state index in [4.69, 9.17) is 10.00 Å². The summed E-state index contributed by atoms with van der Waals surface area (Å²) in [6.07, 6.45) is 9.29. The number of fused-ring (bicyclic) bond motifs is 1. The molecule has 2 aromatic rings. The lowest BCUT2D eigenvalue weighted by Gasteiger charge is -2.43. The van der Waals surface area contributed by atoms with Crippen molar-refractivity contribution in [3.63, 3.8) is 0 Å². The summed E-state index contributed by atoms with van der Waals surface area (Å²) in [5.74, 6) is 1.75. The summed E-state index contributed by atoms with van der Waals surface area (Å²) in [5, 5.41) is 10.00. The minimum Gasteiger partial charge on any atom is -0.496 e. The molecule has 11 heteroatoms. The number of nitrogens with one attached hydrogen (secondary N) is 1. The zero-order chi connectivity index (χ0) is 23.9. The zero-order valence-corrected chi connectivity index (χ0v) is 20.3. The van der Waals surface area contributed by atoms with E-state index >= 15 is 0 Å². The largest absolute Gasteiger partial charge is 0.496 e. The average Bonchev–Trinajstić information content (AvgIpc) is 3.40. The van der Waals surface area contributed by atoms with Crippen molar-refractivity contribution in [2.45, 2.75) is 31.7 Å². The monoisotopic (exact) mass is 483 g/mol. The molecular formula is C23H29N7O3S. The molecule has 1 saturated heterocycles. The topological polar surface area (TPSA) is 118 Å². The van der Waals surface area contributed by atoms with E-state index in [9.17, 15) is 8.42 Å². The Kier molecular flexibility index (Phi) is 5.83. The summed E-state index contributed by atoms with van der Waals surface area (Å²) < 4.78 is 35.9. The molecule has 1 saturated carbocycles. The Morgan fingerprint density at radius 1 is 1.32 bits per heavy atom. The summed E-state index contributed by atoms with van der Waals surface area (Å²) in [4.78, 5) is 14.0. The number of hydrogen-bond acceptors (Lipinski definition) is 7. The highest BCUT2D eigenvalue weighted by atomic mass is 32.2. The van der Waals surface area contributed by atoms with Crippen molar-refractivity contribution in [2.75, 3.05) is 44.7 Å². The molecule has 0 aromatic carbocycles. The van der Waals surface area contributed by atoms with E-state index in [1.807, 2.05) is 25.3 Å². The number of hydrogen-bond donors (Lipinski definition) is 1. The molecule has 180 valence electrons. The van der Waals surface area contributed by atoms with E-state index in [-0.39, 0.29) is 19.1 Å². The fourth-order valence-electron chi connectivity index (χ4n) is 4.86. The normalized spacial score (nSPS) is 22.5. The maximum Gasteiger partial charge on any atom is 0.282 e. The van der Waals surface area contributed by atoms with Crippen LogP contribution in [0.1, 0.15) is 26.2 Å². The van der Waals surface area contributed by atoms with Gasteiger partial charge in [0.2, 0.25) is 0 Å². The molecule has 1 spiro atoms. The van der Waals surface area contributed by atoms with Gasteiger partial charge in [0.05, 0.1) is 22.8 Å². The standard InChI is InChI=1S/C23H29N7O3S/c1-17-13-18(14-24)3-4-20(17)33-12-11-28(2)34(31,32)30-10-9-29(15-23(30)6-7-23)22-19-5-8-25-21(19)26-16-27-22/h3-5,8,16-17H,6-7,9-13,15H2,1-2H3,(H,25,26,27). The Morgan fingerprint density at radius 3 is 2.88 bits per heavy atom. The van der Waals surface area contributed by atoms with Crippen LogP contribution in [0.5, 0.6) is 0 Å². The molecule has 5 rings (SSSR count). The third-order valence-electron chi connectivity index (χ3n) is 7.00. The van der Waals surface area contributed by atoms with Crippen LogP contribution < -0.4 is 4.90 Å². The van der Waals surface area contributed by atoms with Crippen molar-refractivity contribution >= 4 is 27.1 Å². The highest BCUT2D eigenvalue weighted by Crippen LogP contribution is 2.47. The van der Waals surface area contributed by atoms with Gasteiger partial charge in [-0.2, -0.15) is 22.3 Å². The third-order valence-corrected chi connectivity index (χ3v) is 9.10. The maximum atomic E-state index is 13.5. The second-order valence-electron chi connectivity index (χ2n) is 9.31. The van der Waals surface area contributed by atoms with Crippen molar-refractivity contribution in [2.24, 2.45) is 5.92 Å². The van der Waals surface area contributed by atoms with Crippen LogP contribution in [-0.2, 0) is 14.9 Å². The molecule has 1 N–H and O–H groups in total. The number of allylic oxidation sites excluding steroid dienone is 4. The van der Waals surface area contributed by atoms with Gasteiger partial charge in [0.15, 0.2) is 0 Å². The van der Waals surface area contributed by atoms with Crippen LogP contribution in [0.25, 0.3) is 11.0 Å². The third kappa shape index (κ3) is 4.06. The Balaban J connectivity index is 1.23. The van der Waals surface area contributed by atoms with Crippen molar-refractivity contribution < 1.29 is 13.2 Å². The molecule has 0 amide bonds. The Hall–Kier alpha value is -2.94. The minimum atomic E-state index is -3.63. The number of likely N-dealkylation sites (N-methyl/N-ethyl adjacent to an activating group) is 1. The van der Waals surface area contributed by atoms with Gasteiger partial charge in [0.25, 0.3) is 10.2 Å². The zero-order valence-electron chi connectivity index (χ0n) is 19.4. The first-order chi connectivity index (χ1) is 16.3. The first-order valence-corrected chi connectivity index (χ1v) is 12.9. The molecule has 2 aromatic heterocycles. The van der Waals surface area contributed by atoms with Crippen LogP contribution in [0.4, 0.5) is 5.82 Å². The number of anilines is 1. The SMILES string of the molecule is CC1CC(C#N)=CC=C1OCCN(C)S(=O)(=O)N1CCN(c2ncnc3[nH]ccc23)CC12CC2. The predicted octanol–water partition coefficient (Wildman–Crippen LogP) is 2.18. The summed E-state index contributed by atoms with van der Waals surface area (Å²) in [5.41, 5.74) is 1.12. The number of nitriles is 1. The van der Waals surface area contributed by atoms with Gasteiger partial charge in [-0.25, -0.2) is 9.97 Å². The van der Waals surface area contributed by atoms with E-state index in [0.29, 0.717) is 26.1 Å². The lowest BCUT2D eigenvalue weighted by molar-refractivity contribution is 0.164. The summed E-state index contributed by atoms with van der Waals surface area (Å²) >= 11 is 0. The number of piperazine rings is 1. The fraction of sp³-hybridized carbons (Fsp3) is 0.522. The quantitative estimate of drug-likeness (QED) is 0.641. The Morgan fingerprint density at radius 2 is 2.15 bits per heavy atom. The molecule has 10 nitrogen and oxygen atoms in total. The lowest BCUT2D eigenvalue weighted by atomic mass is 9.95. The second kappa shape index (κ2) is 8.69. The number of aromatic amines is 1.